The quantitative estimate of drug-likeness (QED) is 0.365. The molecule has 3 rings (SSSR count). The molecule has 0 saturated heterocycles. The minimum atomic E-state index is -0.967. The van der Waals surface area contributed by atoms with E-state index in [9.17, 15) is 14.4 Å². The van der Waals surface area contributed by atoms with E-state index in [4.69, 9.17) is 16.3 Å². The van der Waals surface area contributed by atoms with Crippen LogP contribution in [0.2, 0.25) is 5.02 Å². The van der Waals surface area contributed by atoms with Crippen molar-refractivity contribution >= 4 is 46.2 Å². The molecule has 0 unspecified atom stereocenters. The van der Waals surface area contributed by atoms with Crippen LogP contribution in [0.4, 0.5) is 5.69 Å². The lowest BCUT2D eigenvalue weighted by Crippen LogP contribution is -2.35. The Balaban J connectivity index is 1.75. The SMILES string of the molecule is Cc1c(Cl)cccc1N[C@@H](CC(=O)c1ccccc1)C(=O)OCC(=O)c1cccs1. The third-order valence-electron chi connectivity index (χ3n) is 4.51. The van der Waals surface area contributed by atoms with E-state index in [0.29, 0.717) is 21.2 Å². The first-order valence-electron chi connectivity index (χ1n) is 9.29. The molecule has 1 heterocycles. The molecule has 154 valence electrons. The zero-order valence-electron chi connectivity index (χ0n) is 16.3. The van der Waals surface area contributed by atoms with Gasteiger partial charge >= 0.3 is 5.97 Å². The van der Waals surface area contributed by atoms with E-state index >= 15 is 0 Å². The molecule has 0 amide bonds. The number of hydrogen-bond acceptors (Lipinski definition) is 6. The van der Waals surface area contributed by atoms with E-state index < -0.39 is 12.0 Å². The Hall–Kier alpha value is -2.96. The summed E-state index contributed by atoms with van der Waals surface area (Å²) in [5.41, 5.74) is 1.86. The number of Topliss-reactive ketones (excluding diaryl/α,β-unsaturated/α-hetero) is 2. The molecule has 2 aromatic carbocycles. The van der Waals surface area contributed by atoms with E-state index in [-0.39, 0.29) is 24.6 Å². The van der Waals surface area contributed by atoms with Crippen LogP contribution in [-0.2, 0) is 9.53 Å². The Bertz CT molecular complexity index is 1030. The molecule has 0 aliphatic carbocycles. The van der Waals surface area contributed by atoms with Crippen LogP contribution in [-0.4, -0.2) is 30.2 Å². The zero-order chi connectivity index (χ0) is 21.5. The van der Waals surface area contributed by atoms with Crippen LogP contribution in [0.5, 0.6) is 0 Å². The molecule has 0 aliphatic heterocycles. The number of carbonyl (C=O) groups excluding carboxylic acids is 3. The topological polar surface area (TPSA) is 72.5 Å². The number of ketones is 2. The van der Waals surface area contributed by atoms with Crippen molar-refractivity contribution in [3.8, 4) is 0 Å². The predicted octanol–water partition coefficient (Wildman–Crippen LogP) is 5.19. The number of ether oxygens (including phenoxy) is 1. The number of benzene rings is 2. The van der Waals surface area contributed by atoms with Crippen molar-refractivity contribution in [1.82, 2.24) is 0 Å². The Morgan fingerprint density at radius 1 is 1.00 bits per heavy atom. The highest BCUT2D eigenvalue weighted by Crippen LogP contribution is 2.24. The number of hydrogen-bond donors (Lipinski definition) is 1. The molecule has 0 aliphatic rings. The lowest BCUT2D eigenvalue weighted by molar-refractivity contribution is -0.143. The predicted molar refractivity (Wildman–Crippen MR) is 119 cm³/mol. The normalized spacial score (nSPS) is 11.5. The minimum absolute atomic E-state index is 0.123. The van der Waals surface area contributed by atoms with Gasteiger partial charge < -0.3 is 10.1 Å². The first-order valence-corrected chi connectivity index (χ1v) is 10.5. The smallest absolute Gasteiger partial charge is 0.329 e. The molecule has 30 heavy (non-hydrogen) atoms. The number of esters is 1. The van der Waals surface area contributed by atoms with Gasteiger partial charge in [-0.25, -0.2) is 4.79 Å². The number of carbonyl (C=O) groups is 3. The molecule has 1 atom stereocenters. The summed E-state index contributed by atoms with van der Waals surface area (Å²) in [6.07, 6.45) is -0.123. The zero-order valence-corrected chi connectivity index (χ0v) is 17.8. The van der Waals surface area contributed by atoms with Gasteiger partial charge in [-0.05, 0) is 36.1 Å². The third-order valence-corrected chi connectivity index (χ3v) is 5.83. The molecule has 1 N–H and O–H groups in total. The van der Waals surface area contributed by atoms with Crippen LogP contribution in [0.3, 0.4) is 0 Å². The molecule has 0 fully saturated rings. The van der Waals surface area contributed by atoms with Crippen molar-refractivity contribution in [2.75, 3.05) is 11.9 Å². The van der Waals surface area contributed by atoms with Crippen LogP contribution in [0.15, 0.2) is 66.0 Å². The van der Waals surface area contributed by atoms with Crippen LogP contribution < -0.4 is 5.32 Å². The molecule has 5 nitrogen and oxygen atoms in total. The molecule has 7 heteroatoms. The van der Waals surface area contributed by atoms with E-state index in [1.807, 2.05) is 13.0 Å². The lowest BCUT2D eigenvalue weighted by Gasteiger charge is -2.20. The van der Waals surface area contributed by atoms with Gasteiger partial charge in [0, 0.05) is 22.7 Å². The van der Waals surface area contributed by atoms with Crippen molar-refractivity contribution in [3.05, 3.63) is 87.1 Å². The number of nitrogens with one attached hydrogen (secondary N) is 1. The Kier molecular flexibility index (Phi) is 7.38. The van der Waals surface area contributed by atoms with Crippen LogP contribution in [0.1, 0.15) is 32.0 Å². The van der Waals surface area contributed by atoms with Crippen LogP contribution in [0.25, 0.3) is 0 Å². The summed E-state index contributed by atoms with van der Waals surface area (Å²) in [6.45, 7) is 1.43. The largest absolute Gasteiger partial charge is 0.456 e. The van der Waals surface area contributed by atoms with Crippen molar-refractivity contribution in [2.24, 2.45) is 0 Å². The number of thiophene rings is 1. The fraction of sp³-hybridized carbons (Fsp3) is 0.174. The maximum atomic E-state index is 12.8. The second-order valence-electron chi connectivity index (χ2n) is 6.61. The minimum Gasteiger partial charge on any atom is -0.456 e. The summed E-state index contributed by atoms with van der Waals surface area (Å²) in [6, 6.07) is 16.4. The monoisotopic (exact) mass is 441 g/mol. The van der Waals surface area contributed by atoms with Crippen molar-refractivity contribution in [3.63, 3.8) is 0 Å². The van der Waals surface area contributed by atoms with Gasteiger partial charge in [-0.2, -0.15) is 0 Å². The Labute approximate surface area is 183 Å². The second-order valence-corrected chi connectivity index (χ2v) is 7.97. The molecule has 0 spiro atoms. The number of halogens is 1. The van der Waals surface area contributed by atoms with E-state index in [0.717, 1.165) is 5.56 Å². The first kappa shape index (κ1) is 21.7. The van der Waals surface area contributed by atoms with Gasteiger partial charge in [-0.3, -0.25) is 9.59 Å². The van der Waals surface area contributed by atoms with Gasteiger partial charge in [-0.15, -0.1) is 11.3 Å². The Morgan fingerprint density at radius 2 is 1.77 bits per heavy atom. The van der Waals surface area contributed by atoms with Gasteiger partial charge in [0.05, 0.1) is 4.88 Å². The highest BCUT2D eigenvalue weighted by molar-refractivity contribution is 7.12. The summed E-state index contributed by atoms with van der Waals surface area (Å²) < 4.78 is 5.24. The number of anilines is 1. The van der Waals surface area contributed by atoms with Gasteiger partial charge in [-0.1, -0.05) is 54.1 Å². The molecule has 1 aromatic heterocycles. The van der Waals surface area contributed by atoms with Crippen LogP contribution in [0, 0.1) is 6.92 Å². The summed E-state index contributed by atoms with van der Waals surface area (Å²) in [7, 11) is 0. The summed E-state index contributed by atoms with van der Waals surface area (Å²) in [5.74, 6) is -1.18. The maximum absolute atomic E-state index is 12.8. The average molecular weight is 442 g/mol. The van der Waals surface area contributed by atoms with Gasteiger partial charge in [0.25, 0.3) is 0 Å². The van der Waals surface area contributed by atoms with E-state index in [1.54, 1.807) is 60.0 Å². The summed E-state index contributed by atoms with van der Waals surface area (Å²) >= 11 is 7.45. The molecule has 0 radical (unpaired) electrons. The summed E-state index contributed by atoms with van der Waals surface area (Å²) in [5, 5.41) is 5.37. The second kappa shape index (κ2) is 10.2. The molecule has 3 aromatic rings. The molecular formula is C23H20ClNO4S. The van der Waals surface area contributed by atoms with E-state index in [2.05, 4.69) is 5.32 Å². The molecular weight excluding hydrogens is 422 g/mol. The fourth-order valence-corrected chi connectivity index (χ4v) is 3.64. The average Bonchev–Trinajstić information content (AvgIpc) is 3.30. The van der Waals surface area contributed by atoms with Crippen molar-refractivity contribution in [2.45, 2.75) is 19.4 Å². The van der Waals surface area contributed by atoms with Gasteiger partial charge in [0.1, 0.15) is 6.04 Å². The number of rotatable bonds is 9. The molecule has 0 bridgehead atoms. The maximum Gasteiger partial charge on any atom is 0.329 e. The first-order chi connectivity index (χ1) is 14.5. The van der Waals surface area contributed by atoms with Crippen molar-refractivity contribution < 1.29 is 19.1 Å². The van der Waals surface area contributed by atoms with Gasteiger partial charge in [0.2, 0.25) is 5.78 Å². The fourth-order valence-electron chi connectivity index (χ4n) is 2.82. The standard InChI is InChI=1S/C23H20ClNO4S/c1-15-17(24)9-5-10-18(15)25-19(13-20(26)16-7-3-2-4-8-16)23(28)29-14-21(27)22-11-6-12-30-22/h2-12,19,25H,13-14H2,1H3/t19-/m0/s1. The Morgan fingerprint density at radius 3 is 2.47 bits per heavy atom. The molecule has 0 saturated carbocycles. The van der Waals surface area contributed by atoms with Crippen molar-refractivity contribution in [1.29, 1.82) is 0 Å². The summed E-state index contributed by atoms with van der Waals surface area (Å²) in [4.78, 5) is 38.1. The van der Waals surface area contributed by atoms with E-state index in [1.165, 1.54) is 11.3 Å². The van der Waals surface area contributed by atoms with Crippen LogP contribution >= 0.6 is 22.9 Å². The lowest BCUT2D eigenvalue weighted by atomic mass is 10.0. The highest BCUT2D eigenvalue weighted by atomic mass is 35.5. The third kappa shape index (κ3) is 5.55. The highest BCUT2D eigenvalue weighted by Gasteiger charge is 2.26. The van der Waals surface area contributed by atoms with Gasteiger partial charge in [0.15, 0.2) is 12.4 Å².